The number of aliphatic carboxylic acids is 1. The fourth-order valence-electron chi connectivity index (χ4n) is 1.68. The topological polar surface area (TPSA) is 55.8 Å². The molecule has 0 amide bonds. The van der Waals surface area contributed by atoms with E-state index in [1.165, 1.54) is 6.08 Å². The molecule has 5 heteroatoms. The van der Waals surface area contributed by atoms with Crippen molar-refractivity contribution in [2.45, 2.75) is 6.61 Å². The van der Waals surface area contributed by atoms with Crippen LogP contribution in [0.15, 0.2) is 41.8 Å². The third-order valence-corrected chi connectivity index (χ3v) is 3.42. The molecule has 0 atom stereocenters. The number of carbonyl (C=O) groups is 1. The molecule has 0 spiro atoms. The minimum Gasteiger partial charge on any atom is -0.493 e. The van der Waals surface area contributed by atoms with Gasteiger partial charge < -0.3 is 14.6 Å². The molecule has 2 aromatic rings. The predicted octanol–water partition coefficient (Wildman–Crippen LogP) is 3.43. The number of hydrogen-bond donors (Lipinski definition) is 1. The van der Waals surface area contributed by atoms with E-state index in [0.717, 1.165) is 11.0 Å². The van der Waals surface area contributed by atoms with Crippen molar-refractivity contribution in [3.63, 3.8) is 0 Å². The van der Waals surface area contributed by atoms with Crippen LogP contribution in [0, 0.1) is 0 Å². The first-order valence-corrected chi connectivity index (χ1v) is 6.82. The van der Waals surface area contributed by atoms with Gasteiger partial charge in [-0.2, -0.15) is 0 Å². The lowest BCUT2D eigenvalue weighted by Crippen LogP contribution is -1.98. The Morgan fingerprint density at radius 2 is 2.20 bits per heavy atom. The van der Waals surface area contributed by atoms with Crippen molar-refractivity contribution in [2.24, 2.45) is 0 Å². The zero-order chi connectivity index (χ0) is 14.4. The fraction of sp³-hybridized carbons (Fsp3) is 0.133. The van der Waals surface area contributed by atoms with Crippen LogP contribution >= 0.6 is 11.3 Å². The number of ether oxygens (including phenoxy) is 2. The molecule has 2 rings (SSSR count). The monoisotopic (exact) mass is 290 g/mol. The number of benzene rings is 1. The Bertz CT molecular complexity index is 602. The van der Waals surface area contributed by atoms with Crippen LogP contribution in [0.1, 0.15) is 10.4 Å². The van der Waals surface area contributed by atoms with Gasteiger partial charge in [0, 0.05) is 16.5 Å². The van der Waals surface area contributed by atoms with Gasteiger partial charge >= 0.3 is 5.97 Å². The van der Waals surface area contributed by atoms with Gasteiger partial charge in [-0.25, -0.2) is 4.79 Å². The molecular formula is C15H14O4S. The van der Waals surface area contributed by atoms with Crippen molar-refractivity contribution in [1.82, 2.24) is 0 Å². The summed E-state index contributed by atoms with van der Waals surface area (Å²) in [7, 11) is 1.55. The molecule has 1 aromatic heterocycles. The van der Waals surface area contributed by atoms with E-state index in [1.54, 1.807) is 36.6 Å². The first-order chi connectivity index (χ1) is 9.70. The highest BCUT2D eigenvalue weighted by atomic mass is 32.1. The zero-order valence-electron chi connectivity index (χ0n) is 10.9. The maximum atomic E-state index is 10.6. The normalized spacial score (nSPS) is 10.7. The number of carboxylic acids is 1. The Morgan fingerprint density at radius 3 is 2.85 bits per heavy atom. The number of hydrogen-bond acceptors (Lipinski definition) is 4. The van der Waals surface area contributed by atoms with Gasteiger partial charge in [0.25, 0.3) is 0 Å². The summed E-state index contributed by atoms with van der Waals surface area (Å²) < 4.78 is 11.0. The standard InChI is InChI=1S/C15H14O4S/c1-18-13-6-2-4-11(7-8-14(16)17)15(13)19-10-12-5-3-9-20-12/h2-9H,10H2,1H3,(H,16,17)/b8-7+. The molecule has 0 fully saturated rings. The van der Waals surface area contributed by atoms with Crippen molar-refractivity contribution in [2.75, 3.05) is 7.11 Å². The highest BCUT2D eigenvalue weighted by molar-refractivity contribution is 7.09. The summed E-state index contributed by atoms with van der Waals surface area (Å²) in [6.07, 6.45) is 2.57. The number of thiophene rings is 1. The molecular weight excluding hydrogens is 276 g/mol. The van der Waals surface area contributed by atoms with Crippen molar-refractivity contribution in [1.29, 1.82) is 0 Å². The van der Waals surface area contributed by atoms with E-state index in [1.807, 2.05) is 17.5 Å². The molecule has 104 valence electrons. The van der Waals surface area contributed by atoms with Crippen molar-refractivity contribution in [3.8, 4) is 11.5 Å². The first-order valence-electron chi connectivity index (χ1n) is 5.94. The maximum Gasteiger partial charge on any atom is 0.328 e. The van der Waals surface area contributed by atoms with Gasteiger partial charge in [0.05, 0.1) is 7.11 Å². The summed E-state index contributed by atoms with van der Waals surface area (Å²) >= 11 is 1.60. The van der Waals surface area contributed by atoms with Crippen LogP contribution in [-0.4, -0.2) is 18.2 Å². The molecule has 0 aliphatic carbocycles. The number of rotatable bonds is 6. The second-order valence-electron chi connectivity index (χ2n) is 3.92. The summed E-state index contributed by atoms with van der Waals surface area (Å²) in [6.45, 7) is 0.423. The van der Waals surface area contributed by atoms with E-state index in [2.05, 4.69) is 0 Å². The molecule has 20 heavy (non-hydrogen) atoms. The van der Waals surface area contributed by atoms with Gasteiger partial charge in [0.1, 0.15) is 6.61 Å². The maximum absolute atomic E-state index is 10.6. The van der Waals surface area contributed by atoms with E-state index in [4.69, 9.17) is 14.6 Å². The van der Waals surface area contributed by atoms with E-state index >= 15 is 0 Å². The minimum atomic E-state index is -1.00. The summed E-state index contributed by atoms with van der Waals surface area (Å²) in [4.78, 5) is 11.7. The van der Waals surface area contributed by atoms with Crippen LogP contribution < -0.4 is 9.47 Å². The number of carboxylic acid groups (broad SMARTS) is 1. The molecule has 0 aliphatic heterocycles. The van der Waals surface area contributed by atoms with Gasteiger partial charge in [-0.15, -0.1) is 11.3 Å². The highest BCUT2D eigenvalue weighted by Crippen LogP contribution is 2.33. The van der Waals surface area contributed by atoms with Gasteiger partial charge in [-0.1, -0.05) is 18.2 Å². The molecule has 0 radical (unpaired) electrons. The Morgan fingerprint density at radius 1 is 1.35 bits per heavy atom. The van der Waals surface area contributed by atoms with Crippen molar-refractivity contribution < 1.29 is 19.4 Å². The Balaban J connectivity index is 2.25. The van der Waals surface area contributed by atoms with Crippen LogP contribution in [0.25, 0.3) is 6.08 Å². The average molecular weight is 290 g/mol. The lowest BCUT2D eigenvalue weighted by molar-refractivity contribution is -0.131. The Hall–Kier alpha value is -2.27. The molecule has 0 bridgehead atoms. The van der Waals surface area contributed by atoms with Crippen LogP contribution in [0.3, 0.4) is 0 Å². The minimum absolute atomic E-state index is 0.423. The van der Waals surface area contributed by atoms with Crippen LogP contribution in [0.4, 0.5) is 0 Å². The Labute approximate surface area is 120 Å². The molecule has 0 saturated heterocycles. The molecule has 1 N–H and O–H groups in total. The van der Waals surface area contributed by atoms with Gasteiger partial charge in [-0.05, 0) is 23.6 Å². The van der Waals surface area contributed by atoms with E-state index in [9.17, 15) is 4.79 Å². The van der Waals surface area contributed by atoms with Crippen LogP contribution in [0.5, 0.6) is 11.5 Å². The van der Waals surface area contributed by atoms with Crippen molar-refractivity contribution >= 4 is 23.4 Å². The molecule has 1 heterocycles. The van der Waals surface area contributed by atoms with E-state index < -0.39 is 5.97 Å². The molecule has 0 unspecified atom stereocenters. The van der Waals surface area contributed by atoms with Crippen LogP contribution in [-0.2, 0) is 11.4 Å². The second kappa shape index (κ2) is 6.77. The van der Waals surface area contributed by atoms with Gasteiger partial charge in [-0.3, -0.25) is 0 Å². The lowest BCUT2D eigenvalue weighted by Gasteiger charge is -2.12. The summed E-state index contributed by atoms with van der Waals surface area (Å²) in [5.41, 5.74) is 0.670. The summed E-state index contributed by atoms with van der Waals surface area (Å²) in [5.74, 6) is 0.118. The molecule has 0 saturated carbocycles. The van der Waals surface area contributed by atoms with E-state index in [-0.39, 0.29) is 0 Å². The largest absolute Gasteiger partial charge is 0.493 e. The molecule has 0 aliphatic rings. The highest BCUT2D eigenvalue weighted by Gasteiger charge is 2.09. The first kappa shape index (κ1) is 14.1. The van der Waals surface area contributed by atoms with Gasteiger partial charge in [0.2, 0.25) is 0 Å². The third kappa shape index (κ3) is 3.61. The van der Waals surface area contributed by atoms with E-state index in [0.29, 0.717) is 23.7 Å². The van der Waals surface area contributed by atoms with Gasteiger partial charge in [0.15, 0.2) is 11.5 Å². The summed E-state index contributed by atoms with van der Waals surface area (Å²) in [6, 6.07) is 9.29. The Kier molecular flexibility index (Phi) is 4.79. The summed E-state index contributed by atoms with van der Waals surface area (Å²) in [5, 5.41) is 10.7. The predicted molar refractivity (Wildman–Crippen MR) is 78.3 cm³/mol. The zero-order valence-corrected chi connectivity index (χ0v) is 11.7. The molecule has 4 nitrogen and oxygen atoms in total. The fourth-order valence-corrected chi connectivity index (χ4v) is 2.29. The smallest absolute Gasteiger partial charge is 0.328 e. The average Bonchev–Trinajstić information content (AvgIpc) is 2.96. The number of methoxy groups -OCH3 is 1. The third-order valence-electron chi connectivity index (χ3n) is 2.57. The van der Waals surface area contributed by atoms with Crippen molar-refractivity contribution in [3.05, 3.63) is 52.2 Å². The number of para-hydroxylation sites is 1. The quantitative estimate of drug-likeness (QED) is 0.828. The second-order valence-corrected chi connectivity index (χ2v) is 4.95. The lowest BCUT2D eigenvalue weighted by atomic mass is 10.1. The van der Waals surface area contributed by atoms with Crippen LogP contribution in [0.2, 0.25) is 0 Å². The SMILES string of the molecule is COc1cccc(/C=C/C(=O)O)c1OCc1cccs1. The molecule has 1 aromatic carbocycles.